The molecule has 14 heavy (non-hydrogen) atoms. The molecule has 78 valence electrons. The largest absolute Gasteiger partial charge is 0.453 e. The van der Waals surface area contributed by atoms with E-state index in [1.807, 2.05) is 26.8 Å². The van der Waals surface area contributed by atoms with Crippen molar-refractivity contribution in [2.24, 2.45) is 0 Å². The number of hydrogen-bond acceptors (Lipinski definition) is 3. The topological polar surface area (TPSA) is 51.2 Å². The Kier molecular flexibility index (Phi) is 6.11. The van der Waals surface area contributed by atoms with Crippen molar-refractivity contribution in [2.75, 3.05) is 12.4 Å². The molecule has 0 bridgehead atoms. The van der Waals surface area contributed by atoms with Crippen LogP contribution >= 0.6 is 0 Å². The molecular formula is C10H16N2O2. The van der Waals surface area contributed by atoms with E-state index in [1.54, 1.807) is 12.4 Å². The SMILES string of the molecule is CC.COC(=O)Nc1cnccc1C. The fourth-order valence-corrected chi connectivity index (χ4v) is 0.756. The van der Waals surface area contributed by atoms with E-state index in [1.165, 1.54) is 7.11 Å². The Balaban J connectivity index is 0.000000791. The molecule has 1 aromatic heterocycles. The Morgan fingerprint density at radius 3 is 2.64 bits per heavy atom. The molecule has 1 aromatic rings. The number of nitrogens with one attached hydrogen (secondary N) is 1. The summed E-state index contributed by atoms with van der Waals surface area (Å²) in [7, 11) is 1.32. The zero-order chi connectivity index (χ0) is 11.0. The molecule has 0 atom stereocenters. The Morgan fingerprint density at radius 1 is 1.50 bits per heavy atom. The van der Waals surface area contributed by atoms with Gasteiger partial charge in [-0.2, -0.15) is 0 Å². The Morgan fingerprint density at radius 2 is 2.14 bits per heavy atom. The van der Waals surface area contributed by atoms with Crippen molar-refractivity contribution in [3.8, 4) is 0 Å². The van der Waals surface area contributed by atoms with E-state index >= 15 is 0 Å². The third-order valence-corrected chi connectivity index (χ3v) is 1.46. The molecule has 0 aromatic carbocycles. The van der Waals surface area contributed by atoms with Gasteiger partial charge >= 0.3 is 6.09 Å². The molecule has 0 aliphatic rings. The molecule has 0 saturated carbocycles. The van der Waals surface area contributed by atoms with Crippen LogP contribution in [0.2, 0.25) is 0 Å². The number of pyridine rings is 1. The highest BCUT2D eigenvalue weighted by atomic mass is 16.5. The van der Waals surface area contributed by atoms with Crippen LogP contribution in [0, 0.1) is 6.92 Å². The van der Waals surface area contributed by atoms with Crippen molar-refractivity contribution in [3.05, 3.63) is 24.0 Å². The van der Waals surface area contributed by atoms with E-state index in [2.05, 4.69) is 15.0 Å². The standard InChI is InChI=1S/C8H10N2O2.C2H6/c1-6-3-4-9-5-7(6)10-8(11)12-2;1-2/h3-5H,1-2H3,(H,10,11);1-2H3. The normalized spacial score (nSPS) is 8.29. The summed E-state index contributed by atoms with van der Waals surface area (Å²) >= 11 is 0. The molecule has 0 fully saturated rings. The molecule has 0 saturated heterocycles. The number of hydrogen-bond donors (Lipinski definition) is 1. The van der Waals surface area contributed by atoms with Gasteiger partial charge in [0.2, 0.25) is 0 Å². The molecule has 1 rings (SSSR count). The van der Waals surface area contributed by atoms with Crippen LogP contribution in [0.3, 0.4) is 0 Å². The lowest BCUT2D eigenvalue weighted by atomic mass is 10.2. The number of carbonyl (C=O) groups excluding carboxylic acids is 1. The Labute approximate surface area is 84.3 Å². The molecule has 1 amide bonds. The number of nitrogens with zero attached hydrogens (tertiary/aromatic N) is 1. The van der Waals surface area contributed by atoms with Gasteiger partial charge in [0, 0.05) is 6.20 Å². The van der Waals surface area contributed by atoms with E-state index in [4.69, 9.17) is 0 Å². The molecule has 1 N–H and O–H groups in total. The van der Waals surface area contributed by atoms with Gasteiger partial charge in [-0.15, -0.1) is 0 Å². The van der Waals surface area contributed by atoms with Crippen LogP contribution in [0.1, 0.15) is 19.4 Å². The van der Waals surface area contributed by atoms with Gasteiger partial charge in [-0.3, -0.25) is 10.3 Å². The summed E-state index contributed by atoms with van der Waals surface area (Å²) in [6, 6.07) is 1.81. The van der Waals surface area contributed by atoms with Crippen molar-refractivity contribution in [3.63, 3.8) is 0 Å². The monoisotopic (exact) mass is 196 g/mol. The quantitative estimate of drug-likeness (QED) is 0.751. The number of aryl methyl sites for hydroxylation is 1. The summed E-state index contributed by atoms with van der Waals surface area (Å²) in [6.07, 6.45) is 2.76. The van der Waals surface area contributed by atoms with Crippen molar-refractivity contribution in [1.82, 2.24) is 4.98 Å². The van der Waals surface area contributed by atoms with Crippen LogP contribution in [0.15, 0.2) is 18.5 Å². The van der Waals surface area contributed by atoms with Crippen molar-refractivity contribution < 1.29 is 9.53 Å². The summed E-state index contributed by atoms with van der Waals surface area (Å²) in [5.41, 5.74) is 1.62. The molecule has 0 spiro atoms. The molecule has 0 aliphatic carbocycles. The van der Waals surface area contributed by atoms with Gasteiger partial charge < -0.3 is 4.74 Å². The van der Waals surface area contributed by atoms with E-state index in [9.17, 15) is 4.79 Å². The fourth-order valence-electron chi connectivity index (χ4n) is 0.756. The first kappa shape index (κ1) is 12.4. The minimum atomic E-state index is -0.480. The van der Waals surface area contributed by atoms with Crippen LogP contribution in [0.4, 0.5) is 10.5 Å². The molecule has 4 nitrogen and oxygen atoms in total. The Hall–Kier alpha value is -1.58. The maximum Gasteiger partial charge on any atom is 0.411 e. The number of aromatic nitrogens is 1. The van der Waals surface area contributed by atoms with E-state index in [0.717, 1.165) is 5.56 Å². The maximum absolute atomic E-state index is 10.8. The third-order valence-electron chi connectivity index (χ3n) is 1.46. The Bertz CT molecular complexity index is 287. The first-order chi connectivity index (χ1) is 6.74. The minimum absolute atomic E-state index is 0.480. The van der Waals surface area contributed by atoms with E-state index in [-0.39, 0.29) is 0 Å². The number of carbonyl (C=O) groups is 1. The molecular weight excluding hydrogens is 180 g/mol. The summed E-state index contributed by atoms with van der Waals surface area (Å²) in [5.74, 6) is 0. The molecule has 0 aliphatic heterocycles. The molecule has 0 unspecified atom stereocenters. The van der Waals surface area contributed by atoms with Gasteiger partial charge in [0.1, 0.15) is 0 Å². The van der Waals surface area contributed by atoms with Gasteiger partial charge in [-0.1, -0.05) is 13.8 Å². The van der Waals surface area contributed by atoms with Gasteiger partial charge in [-0.05, 0) is 18.6 Å². The molecule has 0 radical (unpaired) electrons. The summed E-state index contributed by atoms with van der Waals surface area (Å²) in [5, 5.41) is 2.54. The van der Waals surface area contributed by atoms with Crippen LogP contribution in [0.5, 0.6) is 0 Å². The summed E-state index contributed by atoms with van der Waals surface area (Å²) in [6.45, 7) is 5.88. The van der Waals surface area contributed by atoms with Crippen molar-refractivity contribution in [2.45, 2.75) is 20.8 Å². The highest BCUT2D eigenvalue weighted by Crippen LogP contribution is 2.10. The second-order valence-electron chi connectivity index (χ2n) is 2.31. The van der Waals surface area contributed by atoms with Gasteiger partial charge in [0.05, 0.1) is 19.0 Å². The maximum atomic E-state index is 10.8. The smallest absolute Gasteiger partial charge is 0.411 e. The highest BCUT2D eigenvalue weighted by molar-refractivity contribution is 5.85. The summed E-state index contributed by atoms with van der Waals surface area (Å²) < 4.78 is 4.43. The molecule has 1 heterocycles. The lowest BCUT2D eigenvalue weighted by Gasteiger charge is -2.04. The zero-order valence-corrected chi connectivity index (χ0v) is 9.00. The highest BCUT2D eigenvalue weighted by Gasteiger charge is 2.01. The lowest BCUT2D eigenvalue weighted by Crippen LogP contribution is -2.11. The van der Waals surface area contributed by atoms with Crippen LogP contribution in [-0.4, -0.2) is 18.2 Å². The third kappa shape index (κ3) is 3.89. The van der Waals surface area contributed by atoms with Crippen LogP contribution < -0.4 is 5.32 Å². The van der Waals surface area contributed by atoms with Crippen molar-refractivity contribution >= 4 is 11.8 Å². The second-order valence-corrected chi connectivity index (χ2v) is 2.31. The second kappa shape index (κ2) is 6.88. The van der Waals surface area contributed by atoms with Gasteiger partial charge in [0.15, 0.2) is 0 Å². The fraction of sp³-hybridized carbons (Fsp3) is 0.400. The van der Waals surface area contributed by atoms with Gasteiger partial charge in [-0.25, -0.2) is 4.79 Å². The average Bonchev–Trinajstić information content (AvgIpc) is 2.24. The predicted octanol–water partition coefficient (Wildman–Crippen LogP) is 2.59. The van der Waals surface area contributed by atoms with Crippen LogP contribution in [0.25, 0.3) is 0 Å². The number of methoxy groups -OCH3 is 1. The number of rotatable bonds is 1. The van der Waals surface area contributed by atoms with Gasteiger partial charge in [0.25, 0.3) is 0 Å². The minimum Gasteiger partial charge on any atom is -0.453 e. The van der Waals surface area contributed by atoms with E-state index in [0.29, 0.717) is 5.69 Å². The lowest BCUT2D eigenvalue weighted by molar-refractivity contribution is 0.187. The molecule has 4 heteroatoms. The first-order valence-corrected chi connectivity index (χ1v) is 4.49. The zero-order valence-electron chi connectivity index (χ0n) is 9.00. The number of amides is 1. The van der Waals surface area contributed by atoms with Crippen LogP contribution in [-0.2, 0) is 4.74 Å². The predicted molar refractivity (Wildman–Crippen MR) is 56.3 cm³/mol. The van der Waals surface area contributed by atoms with E-state index < -0.39 is 6.09 Å². The number of anilines is 1. The average molecular weight is 196 g/mol. The van der Waals surface area contributed by atoms with Crippen molar-refractivity contribution in [1.29, 1.82) is 0 Å². The number of ether oxygens (including phenoxy) is 1. The summed E-state index contributed by atoms with van der Waals surface area (Å²) in [4.78, 5) is 14.6. The first-order valence-electron chi connectivity index (χ1n) is 4.49.